The van der Waals surface area contributed by atoms with Crippen molar-refractivity contribution in [3.63, 3.8) is 0 Å². The fraction of sp³-hybridized carbons (Fsp3) is 0.667. The number of amides is 1. The van der Waals surface area contributed by atoms with E-state index in [9.17, 15) is 4.79 Å². The molecule has 0 spiro atoms. The van der Waals surface area contributed by atoms with Gasteiger partial charge in [0.05, 0.1) is 6.04 Å². The highest BCUT2D eigenvalue weighted by Gasteiger charge is 2.31. The maximum atomic E-state index is 11.6. The number of ether oxygens (including phenoxy) is 1. The summed E-state index contributed by atoms with van der Waals surface area (Å²) >= 11 is 2.02. The Bertz CT molecular complexity index is 270. The van der Waals surface area contributed by atoms with Crippen molar-refractivity contribution in [1.29, 1.82) is 0 Å². The third-order valence-corrected chi connectivity index (χ3v) is 2.06. The number of hydrogen-bond acceptors (Lipinski definition) is 3. The van der Waals surface area contributed by atoms with Gasteiger partial charge in [0.2, 0.25) is 0 Å². The van der Waals surface area contributed by atoms with E-state index >= 15 is 0 Å². The van der Waals surface area contributed by atoms with Crippen molar-refractivity contribution < 1.29 is 14.4 Å². The second-order valence-corrected chi connectivity index (χ2v) is 5.17. The molecular weight excluding hydrogens is 297 g/mol. The highest BCUT2D eigenvalue weighted by Crippen LogP contribution is 2.24. The van der Waals surface area contributed by atoms with E-state index in [1.165, 1.54) is 5.06 Å². The van der Waals surface area contributed by atoms with E-state index in [1.54, 1.807) is 0 Å². The van der Waals surface area contributed by atoms with Gasteiger partial charge in [-0.2, -0.15) is 0 Å². The molecule has 0 saturated heterocycles. The first-order valence-corrected chi connectivity index (χ1v) is 5.45. The van der Waals surface area contributed by atoms with Crippen LogP contribution in [0.25, 0.3) is 0 Å². The van der Waals surface area contributed by atoms with Crippen LogP contribution in [0.5, 0.6) is 0 Å². The largest absolute Gasteiger partial charge is 0.444 e. The van der Waals surface area contributed by atoms with Crippen molar-refractivity contribution in [2.75, 3.05) is 0 Å². The first-order chi connectivity index (χ1) is 6.29. The minimum atomic E-state index is -0.492. The minimum Gasteiger partial charge on any atom is -0.442 e. The molecule has 0 aromatic heterocycles. The molecule has 1 aliphatic rings. The zero-order chi connectivity index (χ0) is 10.9. The van der Waals surface area contributed by atoms with Crippen LogP contribution in [0.2, 0.25) is 0 Å². The summed E-state index contributed by atoms with van der Waals surface area (Å²) in [6, 6.07) is -0.0725. The number of rotatable bonds is 0. The lowest BCUT2D eigenvalue weighted by Crippen LogP contribution is -2.38. The third kappa shape index (κ3) is 3.04. The monoisotopic (exact) mass is 311 g/mol. The van der Waals surface area contributed by atoms with Crippen LogP contribution in [0.3, 0.4) is 0 Å². The average Bonchev–Trinajstić information content (AvgIpc) is 2.26. The molecule has 0 fully saturated rings. The molecule has 0 aromatic carbocycles. The van der Waals surface area contributed by atoms with Crippen molar-refractivity contribution in [2.24, 2.45) is 0 Å². The number of halogens is 1. The van der Waals surface area contributed by atoms with Crippen molar-refractivity contribution in [3.05, 3.63) is 9.84 Å². The fourth-order valence-electron chi connectivity index (χ4n) is 0.975. The number of carbonyl (C=O) groups excluding carboxylic acids is 1. The molecule has 1 amide bonds. The topological polar surface area (TPSA) is 38.8 Å². The van der Waals surface area contributed by atoms with Gasteiger partial charge in [-0.3, -0.25) is 0 Å². The molecule has 1 heterocycles. The Morgan fingerprint density at radius 3 is 2.57 bits per heavy atom. The first-order valence-electron chi connectivity index (χ1n) is 4.37. The minimum absolute atomic E-state index is 0.0725. The van der Waals surface area contributed by atoms with Crippen LogP contribution in [0, 0.1) is 0 Å². The van der Waals surface area contributed by atoms with Crippen LogP contribution >= 0.6 is 22.6 Å². The zero-order valence-electron chi connectivity index (χ0n) is 8.70. The summed E-state index contributed by atoms with van der Waals surface area (Å²) in [6.07, 6.45) is 1.40. The lowest BCUT2D eigenvalue weighted by Gasteiger charge is -2.25. The summed E-state index contributed by atoms with van der Waals surface area (Å²) in [5.74, 6) is 0. The molecule has 0 aliphatic carbocycles. The molecule has 1 atom stereocenters. The van der Waals surface area contributed by atoms with E-state index in [4.69, 9.17) is 9.57 Å². The predicted octanol–water partition coefficient (Wildman–Crippen LogP) is 2.83. The standard InChI is InChI=1S/C9H14INO3/c1-6-5-7(10)14-11(6)8(12)13-9(2,3)4/h5-6H,1-4H3. The van der Waals surface area contributed by atoms with Gasteiger partial charge < -0.3 is 9.57 Å². The SMILES string of the molecule is CC1C=C(I)ON1C(=O)OC(C)(C)C. The molecule has 4 nitrogen and oxygen atoms in total. The molecule has 0 radical (unpaired) electrons. The number of nitrogens with zero attached hydrogens (tertiary/aromatic N) is 1. The van der Waals surface area contributed by atoms with Crippen molar-refractivity contribution in [1.82, 2.24) is 5.06 Å². The van der Waals surface area contributed by atoms with Crippen LogP contribution in [0.4, 0.5) is 4.79 Å². The van der Waals surface area contributed by atoms with Gasteiger partial charge in [0, 0.05) is 22.6 Å². The molecule has 1 rings (SSSR count). The normalized spacial score (nSPS) is 21.6. The molecule has 5 heteroatoms. The Balaban J connectivity index is 2.56. The van der Waals surface area contributed by atoms with E-state index in [1.807, 2.05) is 56.4 Å². The predicted molar refractivity (Wildman–Crippen MR) is 60.7 cm³/mol. The number of hydrogen-bond donors (Lipinski definition) is 0. The zero-order valence-corrected chi connectivity index (χ0v) is 10.9. The van der Waals surface area contributed by atoms with Gasteiger partial charge in [0.1, 0.15) is 5.60 Å². The smallest absolute Gasteiger partial charge is 0.442 e. The number of carbonyl (C=O) groups is 1. The quantitative estimate of drug-likeness (QED) is 0.646. The summed E-state index contributed by atoms with van der Waals surface area (Å²) < 4.78 is 5.86. The van der Waals surface area contributed by atoms with Crippen molar-refractivity contribution in [3.8, 4) is 0 Å². The van der Waals surface area contributed by atoms with Crippen LogP contribution in [-0.4, -0.2) is 22.8 Å². The first kappa shape index (κ1) is 11.6. The second kappa shape index (κ2) is 3.96. The molecule has 1 aliphatic heterocycles. The summed E-state index contributed by atoms with van der Waals surface area (Å²) in [6.45, 7) is 7.34. The molecule has 1 unspecified atom stereocenters. The molecule has 14 heavy (non-hydrogen) atoms. The lowest BCUT2D eigenvalue weighted by atomic mass is 10.2. The maximum absolute atomic E-state index is 11.6. The highest BCUT2D eigenvalue weighted by molar-refractivity contribution is 14.1. The lowest BCUT2D eigenvalue weighted by molar-refractivity contribution is -0.101. The summed E-state index contributed by atoms with van der Waals surface area (Å²) in [5, 5.41) is 1.23. The van der Waals surface area contributed by atoms with Gasteiger partial charge in [0.25, 0.3) is 0 Å². The van der Waals surface area contributed by atoms with E-state index in [0.29, 0.717) is 3.77 Å². The van der Waals surface area contributed by atoms with E-state index in [0.717, 1.165) is 0 Å². The van der Waals surface area contributed by atoms with Gasteiger partial charge in [-0.1, -0.05) is 0 Å². The van der Waals surface area contributed by atoms with Gasteiger partial charge >= 0.3 is 6.09 Å². The Labute approximate surface area is 97.3 Å². The van der Waals surface area contributed by atoms with Gasteiger partial charge in [-0.05, 0) is 33.8 Å². The van der Waals surface area contributed by atoms with Gasteiger partial charge in [-0.15, -0.1) is 5.06 Å². The van der Waals surface area contributed by atoms with E-state index in [2.05, 4.69) is 0 Å². The van der Waals surface area contributed by atoms with Crippen LogP contribution in [-0.2, 0) is 9.57 Å². The summed E-state index contributed by atoms with van der Waals surface area (Å²) in [4.78, 5) is 16.7. The Kier molecular flexibility index (Phi) is 3.28. The summed E-state index contributed by atoms with van der Waals surface area (Å²) in [7, 11) is 0. The second-order valence-electron chi connectivity index (χ2n) is 4.11. The maximum Gasteiger partial charge on any atom is 0.444 e. The van der Waals surface area contributed by atoms with Crippen LogP contribution in [0.1, 0.15) is 27.7 Å². The fourth-order valence-corrected chi connectivity index (χ4v) is 1.71. The molecular formula is C9H14INO3. The van der Waals surface area contributed by atoms with E-state index in [-0.39, 0.29) is 6.04 Å². The molecule has 0 N–H and O–H groups in total. The van der Waals surface area contributed by atoms with Crippen LogP contribution < -0.4 is 0 Å². The molecule has 0 aromatic rings. The molecule has 0 saturated carbocycles. The summed E-state index contributed by atoms with van der Waals surface area (Å²) in [5.41, 5.74) is -0.492. The highest BCUT2D eigenvalue weighted by atomic mass is 127. The average molecular weight is 311 g/mol. The Morgan fingerprint density at radius 2 is 2.21 bits per heavy atom. The van der Waals surface area contributed by atoms with Crippen molar-refractivity contribution >= 4 is 28.7 Å². The molecule has 80 valence electrons. The number of hydroxylamine groups is 2. The third-order valence-electron chi connectivity index (χ3n) is 1.50. The van der Waals surface area contributed by atoms with Gasteiger partial charge in [0.15, 0.2) is 3.77 Å². The Morgan fingerprint density at radius 1 is 1.64 bits per heavy atom. The van der Waals surface area contributed by atoms with Crippen LogP contribution in [0.15, 0.2) is 9.84 Å². The molecule has 0 bridgehead atoms. The Hall–Kier alpha value is -0.460. The van der Waals surface area contributed by atoms with E-state index < -0.39 is 11.7 Å². The van der Waals surface area contributed by atoms with Crippen molar-refractivity contribution in [2.45, 2.75) is 39.3 Å². The van der Waals surface area contributed by atoms with Gasteiger partial charge in [-0.25, -0.2) is 4.79 Å².